The predicted molar refractivity (Wildman–Crippen MR) is 149 cm³/mol. The van der Waals surface area contributed by atoms with Crippen molar-refractivity contribution in [2.75, 3.05) is 25.1 Å². The highest BCUT2D eigenvalue weighted by Gasteiger charge is 2.22. The summed E-state index contributed by atoms with van der Waals surface area (Å²) in [6, 6.07) is 18.3. The molecule has 0 radical (unpaired) electrons. The molecule has 0 saturated heterocycles. The van der Waals surface area contributed by atoms with Crippen LogP contribution in [0.3, 0.4) is 0 Å². The monoisotopic (exact) mass is 599 g/mol. The lowest BCUT2D eigenvalue weighted by Crippen LogP contribution is -2.50. The van der Waals surface area contributed by atoms with Gasteiger partial charge in [-0.15, -0.1) is 0 Å². The molecule has 204 valence electrons. The normalized spacial score (nSPS) is 11.1. The Hall–Kier alpha value is -3.74. The molecule has 1 amide bonds. The second-order valence-electron chi connectivity index (χ2n) is 8.78. The third-order valence-corrected chi connectivity index (χ3v) is 6.37. The van der Waals surface area contributed by atoms with Gasteiger partial charge in [0.05, 0.1) is 53.4 Å². The molecule has 39 heavy (non-hydrogen) atoms. The van der Waals surface area contributed by atoms with Crippen LogP contribution in [-0.4, -0.2) is 62.6 Å². The molecule has 4 aromatic rings. The molecule has 4 rings (SSSR count). The molecular formula is C28H27BrFN3O6. The number of anilines is 1. The number of hydrogen-bond donors (Lipinski definition) is 6. The van der Waals surface area contributed by atoms with Gasteiger partial charge in [0.2, 0.25) is 0 Å². The number of halogens is 2. The van der Waals surface area contributed by atoms with Gasteiger partial charge in [0.1, 0.15) is 5.82 Å². The number of carbonyl (C=O) groups is 2. The minimum Gasteiger partial charge on any atom is -0.478 e. The zero-order valence-electron chi connectivity index (χ0n) is 20.9. The van der Waals surface area contributed by atoms with Gasteiger partial charge in [-0.25, -0.2) is 14.2 Å². The Morgan fingerprint density at radius 2 is 1.64 bits per heavy atom. The van der Waals surface area contributed by atoms with Crippen molar-refractivity contribution in [1.82, 2.24) is 4.98 Å². The highest BCUT2D eigenvalue weighted by atomic mass is 79.9. The third-order valence-electron chi connectivity index (χ3n) is 5.87. The Labute approximate surface area is 231 Å². The van der Waals surface area contributed by atoms with Crippen LogP contribution in [-0.2, 0) is 0 Å². The van der Waals surface area contributed by atoms with E-state index in [4.69, 9.17) is 31.1 Å². The second-order valence-corrected chi connectivity index (χ2v) is 9.69. The van der Waals surface area contributed by atoms with Gasteiger partial charge in [0.25, 0.3) is 5.91 Å². The van der Waals surface area contributed by atoms with Gasteiger partial charge in [-0.3, -0.25) is 4.79 Å². The van der Waals surface area contributed by atoms with Crippen LogP contribution in [0.2, 0.25) is 0 Å². The van der Waals surface area contributed by atoms with Crippen LogP contribution in [0.5, 0.6) is 0 Å². The minimum atomic E-state index is -1.25. The molecule has 3 aromatic carbocycles. The number of benzene rings is 3. The molecule has 11 heteroatoms. The Balaban J connectivity index is 0.000000459. The molecular weight excluding hydrogens is 573 g/mol. The number of nitrogens with zero attached hydrogens (tertiary/aromatic N) is 1. The quantitative estimate of drug-likeness (QED) is 0.187. The van der Waals surface area contributed by atoms with Gasteiger partial charge >= 0.3 is 5.97 Å². The van der Waals surface area contributed by atoms with Crippen molar-refractivity contribution < 1.29 is 34.4 Å². The number of carboxylic acids is 1. The number of hydrogen-bond acceptors (Lipinski definition) is 7. The summed E-state index contributed by atoms with van der Waals surface area (Å²) in [6.07, 6.45) is 0. The summed E-state index contributed by atoms with van der Waals surface area (Å²) >= 11 is 3.43. The Kier molecular flexibility index (Phi) is 9.84. The average Bonchev–Trinajstić information content (AvgIpc) is 2.94. The number of aromatic carboxylic acids is 1. The van der Waals surface area contributed by atoms with Crippen LogP contribution in [0.15, 0.2) is 71.2 Å². The number of carbonyl (C=O) groups excluding carboxylic acids is 1. The number of nitrogens with two attached hydrogens (primary N) is 1. The molecule has 0 bridgehead atoms. The molecule has 0 atom stereocenters. The van der Waals surface area contributed by atoms with E-state index in [1.165, 1.54) is 12.1 Å². The van der Waals surface area contributed by atoms with E-state index in [0.29, 0.717) is 27.7 Å². The molecule has 0 saturated carbocycles. The summed E-state index contributed by atoms with van der Waals surface area (Å²) in [6.45, 7) is 0.592. The number of aliphatic hydroxyl groups is 3. The lowest BCUT2D eigenvalue weighted by Gasteiger charge is -2.20. The van der Waals surface area contributed by atoms with Crippen molar-refractivity contribution in [3.63, 3.8) is 0 Å². The smallest absolute Gasteiger partial charge is 0.335 e. The van der Waals surface area contributed by atoms with Crippen molar-refractivity contribution in [3.05, 3.63) is 93.7 Å². The van der Waals surface area contributed by atoms with Gasteiger partial charge < -0.3 is 31.5 Å². The Morgan fingerprint density at radius 3 is 2.18 bits per heavy atom. The number of nitrogens with one attached hydrogen (secondary N) is 1. The summed E-state index contributed by atoms with van der Waals surface area (Å²) in [5, 5.41) is 37.2. The fourth-order valence-electron chi connectivity index (χ4n) is 3.58. The lowest BCUT2D eigenvalue weighted by molar-refractivity contribution is 0.0691. The molecule has 0 aliphatic rings. The Bertz CT molecular complexity index is 1490. The van der Waals surface area contributed by atoms with Crippen LogP contribution in [0, 0.1) is 12.7 Å². The van der Waals surface area contributed by atoms with Gasteiger partial charge in [0, 0.05) is 15.4 Å². The van der Waals surface area contributed by atoms with Crippen molar-refractivity contribution in [1.29, 1.82) is 0 Å². The van der Waals surface area contributed by atoms with Crippen molar-refractivity contribution in [2.45, 2.75) is 12.5 Å². The summed E-state index contributed by atoms with van der Waals surface area (Å²) in [7, 11) is 0. The summed E-state index contributed by atoms with van der Waals surface area (Å²) in [5.74, 6) is -2.58. The van der Waals surface area contributed by atoms with E-state index in [1.807, 2.05) is 42.5 Å². The van der Waals surface area contributed by atoms with E-state index in [0.717, 1.165) is 16.1 Å². The zero-order chi connectivity index (χ0) is 28.7. The SMILES string of the molecule is Cc1c(-c2ccccc2)nc2ccc(Br)cc2c1C(=O)Nc1ccc(C(=O)O)cc1F.NC(CO)(CO)CO. The van der Waals surface area contributed by atoms with E-state index in [2.05, 4.69) is 21.2 Å². The molecule has 9 nitrogen and oxygen atoms in total. The fourth-order valence-corrected chi connectivity index (χ4v) is 3.95. The van der Waals surface area contributed by atoms with Crippen LogP contribution >= 0.6 is 15.9 Å². The third kappa shape index (κ3) is 7.02. The first kappa shape index (κ1) is 29.8. The second kappa shape index (κ2) is 12.9. The zero-order valence-corrected chi connectivity index (χ0v) is 22.4. The lowest BCUT2D eigenvalue weighted by atomic mass is 9.97. The highest BCUT2D eigenvalue weighted by Crippen LogP contribution is 2.32. The molecule has 7 N–H and O–H groups in total. The first-order chi connectivity index (χ1) is 18.5. The van der Waals surface area contributed by atoms with E-state index in [1.54, 1.807) is 13.0 Å². The number of pyridine rings is 1. The van der Waals surface area contributed by atoms with Gasteiger partial charge in [-0.1, -0.05) is 46.3 Å². The highest BCUT2D eigenvalue weighted by molar-refractivity contribution is 9.10. The standard InChI is InChI=1S/C24H16BrFN2O3.C4H11NO3/c1-13-21(23(29)28-20-9-7-15(24(30)31)11-18(20)26)17-12-16(25)8-10-19(17)27-22(13)14-5-3-2-4-6-14;5-4(1-6,2-7)3-8/h2-12H,1H3,(H,28,29)(H,30,31);6-8H,1-3,5H2. The maximum Gasteiger partial charge on any atom is 0.335 e. The number of aliphatic hydroxyl groups excluding tert-OH is 3. The Morgan fingerprint density at radius 1 is 1.00 bits per heavy atom. The molecule has 0 fully saturated rings. The van der Waals surface area contributed by atoms with Gasteiger partial charge in [-0.2, -0.15) is 0 Å². The first-order valence-electron chi connectivity index (χ1n) is 11.6. The minimum absolute atomic E-state index is 0.101. The first-order valence-corrected chi connectivity index (χ1v) is 12.4. The largest absolute Gasteiger partial charge is 0.478 e. The molecule has 1 aromatic heterocycles. The maximum absolute atomic E-state index is 14.4. The maximum atomic E-state index is 14.4. The predicted octanol–water partition coefficient (Wildman–Crippen LogP) is 3.72. The topological polar surface area (TPSA) is 166 Å². The summed E-state index contributed by atoms with van der Waals surface area (Å²) in [4.78, 5) is 29.1. The number of carboxylic acid groups (broad SMARTS) is 1. The van der Waals surface area contributed by atoms with Crippen LogP contribution in [0.1, 0.15) is 26.3 Å². The molecule has 0 aliphatic heterocycles. The van der Waals surface area contributed by atoms with E-state index in [9.17, 15) is 14.0 Å². The van der Waals surface area contributed by atoms with Crippen LogP contribution < -0.4 is 11.1 Å². The van der Waals surface area contributed by atoms with Crippen molar-refractivity contribution in [3.8, 4) is 11.3 Å². The number of rotatable bonds is 7. The number of aromatic nitrogens is 1. The van der Waals surface area contributed by atoms with E-state index in [-0.39, 0.29) is 11.3 Å². The molecule has 0 unspecified atom stereocenters. The summed E-state index contributed by atoms with van der Waals surface area (Å²) in [5.41, 5.74) is 6.79. The average molecular weight is 600 g/mol. The molecule has 0 spiro atoms. The van der Waals surface area contributed by atoms with Crippen LogP contribution in [0.4, 0.5) is 10.1 Å². The van der Waals surface area contributed by atoms with Crippen molar-refractivity contribution in [2.24, 2.45) is 5.73 Å². The molecule has 0 aliphatic carbocycles. The van der Waals surface area contributed by atoms with Crippen molar-refractivity contribution >= 4 is 44.4 Å². The molecule has 1 heterocycles. The van der Waals surface area contributed by atoms with Gasteiger partial charge in [0.15, 0.2) is 0 Å². The fraction of sp³-hybridized carbons (Fsp3) is 0.179. The van der Waals surface area contributed by atoms with Crippen LogP contribution in [0.25, 0.3) is 22.2 Å². The number of amides is 1. The van der Waals surface area contributed by atoms with Gasteiger partial charge in [-0.05, 0) is 48.9 Å². The van der Waals surface area contributed by atoms with E-state index < -0.39 is 43.1 Å². The summed E-state index contributed by atoms with van der Waals surface area (Å²) < 4.78 is 15.2. The number of fused-ring (bicyclic) bond motifs is 1. The van der Waals surface area contributed by atoms with E-state index >= 15 is 0 Å².